The van der Waals surface area contributed by atoms with E-state index in [9.17, 15) is 0 Å². The van der Waals surface area contributed by atoms with Crippen LogP contribution in [0.5, 0.6) is 0 Å². The van der Waals surface area contributed by atoms with Gasteiger partial charge < -0.3 is 4.90 Å². The Balaban J connectivity index is 2.20. The van der Waals surface area contributed by atoms with Gasteiger partial charge in [-0.2, -0.15) is 4.98 Å². The molecule has 0 aromatic carbocycles. The van der Waals surface area contributed by atoms with Gasteiger partial charge >= 0.3 is 0 Å². The summed E-state index contributed by atoms with van der Waals surface area (Å²) < 4.78 is 0.922. The minimum atomic E-state index is 0.459. The van der Waals surface area contributed by atoms with Crippen LogP contribution in [0.15, 0.2) is 10.7 Å². The summed E-state index contributed by atoms with van der Waals surface area (Å²) in [5, 5.41) is 0. The smallest absolute Gasteiger partial charge is 0.239 e. The molecule has 0 aliphatic carbocycles. The molecule has 0 spiro atoms. The third kappa shape index (κ3) is 3.07. The van der Waals surface area contributed by atoms with Crippen molar-refractivity contribution in [2.45, 2.75) is 26.2 Å². The fourth-order valence-electron chi connectivity index (χ4n) is 2.12. The van der Waals surface area contributed by atoms with Crippen molar-refractivity contribution in [1.29, 1.82) is 0 Å². The molecule has 1 atom stereocenters. The number of aromatic nitrogens is 2. The molecule has 0 radical (unpaired) electrons. The molecule has 1 unspecified atom stereocenters. The highest BCUT2D eigenvalue weighted by Gasteiger charge is 2.17. The lowest BCUT2D eigenvalue weighted by atomic mass is 10.0. The molecular formula is C11H18BrN5. The normalized spacial score (nSPS) is 21.1. The van der Waals surface area contributed by atoms with Crippen molar-refractivity contribution in [2.24, 2.45) is 11.8 Å². The predicted molar refractivity (Wildman–Crippen MR) is 72.8 cm³/mol. The Kier molecular flexibility index (Phi) is 4.17. The molecule has 0 amide bonds. The molecule has 1 aromatic rings. The molecule has 0 saturated carbocycles. The van der Waals surface area contributed by atoms with Crippen molar-refractivity contribution in [3.8, 4) is 0 Å². The zero-order chi connectivity index (χ0) is 12.3. The molecule has 17 heavy (non-hydrogen) atoms. The number of nitrogens with two attached hydrogens (primary N) is 1. The number of nitrogen functional groups attached to an aromatic ring is 1. The monoisotopic (exact) mass is 299 g/mol. The first-order valence-electron chi connectivity index (χ1n) is 5.95. The molecule has 2 rings (SSSR count). The lowest BCUT2D eigenvalue weighted by molar-refractivity contribution is 0.521. The Morgan fingerprint density at radius 2 is 2.29 bits per heavy atom. The number of nitrogens with one attached hydrogen (secondary N) is 1. The van der Waals surface area contributed by atoms with Gasteiger partial charge in [0.1, 0.15) is 5.82 Å². The van der Waals surface area contributed by atoms with Gasteiger partial charge in [0.15, 0.2) is 0 Å². The van der Waals surface area contributed by atoms with Crippen LogP contribution < -0.4 is 16.2 Å². The maximum absolute atomic E-state index is 5.34. The van der Waals surface area contributed by atoms with Gasteiger partial charge in [-0.15, -0.1) is 0 Å². The highest BCUT2D eigenvalue weighted by molar-refractivity contribution is 9.10. The molecule has 1 saturated heterocycles. The summed E-state index contributed by atoms with van der Waals surface area (Å²) in [6.07, 6.45) is 5.46. The van der Waals surface area contributed by atoms with E-state index in [1.54, 1.807) is 6.20 Å². The van der Waals surface area contributed by atoms with Gasteiger partial charge in [0.05, 0.1) is 4.47 Å². The van der Waals surface area contributed by atoms with Gasteiger partial charge in [-0.3, -0.25) is 5.43 Å². The molecule has 3 N–H and O–H groups in total. The highest BCUT2D eigenvalue weighted by atomic mass is 79.9. The number of rotatable bonds is 2. The van der Waals surface area contributed by atoms with Crippen LogP contribution in [-0.4, -0.2) is 23.1 Å². The van der Waals surface area contributed by atoms with Gasteiger partial charge in [0.25, 0.3) is 0 Å². The Labute approximate surface area is 110 Å². The molecule has 6 heteroatoms. The second kappa shape index (κ2) is 5.64. The van der Waals surface area contributed by atoms with E-state index in [2.05, 4.69) is 43.1 Å². The van der Waals surface area contributed by atoms with Crippen molar-refractivity contribution >= 4 is 27.7 Å². The van der Waals surface area contributed by atoms with Crippen molar-refractivity contribution in [1.82, 2.24) is 9.97 Å². The molecular weight excluding hydrogens is 282 g/mol. The van der Waals surface area contributed by atoms with E-state index in [4.69, 9.17) is 5.84 Å². The molecule has 1 fully saturated rings. The van der Waals surface area contributed by atoms with Crippen LogP contribution >= 0.6 is 15.9 Å². The lowest BCUT2D eigenvalue weighted by Crippen LogP contribution is -2.26. The maximum Gasteiger partial charge on any atom is 0.239 e. The van der Waals surface area contributed by atoms with Gasteiger partial charge in [0, 0.05) is 19.3 Å². The standard InChI is InChI=1S/C11H18BrN5/c1-8-3-2-5-17(6-4-8)10-9(12)7-14-11(15-10)16-13/h7-8H,2-6,13H2,1H3,(H,14,15,16). The van der Waals surface area contributed by atoms with E-state index in [1.807, 2.05) is 0 Å². The van der Waals surface area contributed by atoms with Crippen LogP contribution in [0.1, 0.15) is 26.2 Å². The number of nitrogens with zero attached hydrogens (tertiary/aromatic N) is 3. The number of halogens is 1. The molecule has 1 aliphatic rings. The van der Waals surface area contributed by atoms with Crippen molar-refractivity contribution in [2.75, 3.05) is 23.4 Å². The van der Waals surface area contributed by atoms with Gasteiger partial charge in [-0.05, 0) is 41.1 Å². The first-order chi connectivity index (χ1) is 8.20. The second-order valence-electron chi connectivity index (χ2n) is 4.53. The average molecular weight is 300 g/mol. The Hall–Kier alpha value is -0.880. The van der Waals surface area contributed by atoms with Crippen LogP contribution in [0.2, 0.25) is 0 Å². The Morgan fingerprint density at radius 1 is 1.47 bits per heavy atom. The first kappa shape index (κ1) is 12.6. The van der Waals surface area contributed by atoms with Crippen molar-refractivity contribution in [3.05, 3.63) is 10.7 Å². The van der Waals surface area contributed by atoms with Crippen LogP contribution in [0.3, 0.4) is 0 Å². The van der Waals surface area contributed by atoms with Crippen molar-refractivity contribution in [3.63, 3.8) is 0 Å². The fraction of sp³-hybridized carbons (Fsp3) is 0.636. The van der Waals surface area contributed by atoms with Crippen LogP contribution in [0.4, 0.5) is 11.8 Å². The first-order valence-corrected chi connectivity index (χ1v) is 6.74. The van der Waals surface area contributed by atoms with E-state index < -0.39 is 0 Å². The molecule has 2 heterocycles. The molecule has 0 bridgehead atoms. The van der Waals surface area contributed by atoms with Gasteiger partial charge in [-0.1, -0.05) is 6.92 Å². The minimum absolute atomic E-state index is 0.459. The summed E-state index contributed by atoms with van der Waals surface area (Å²) in [6.45, 7) is 4.40. The summed E-state index contributed by atoms with van der Waals surface area (Å²) in [6, 6.07) is 0. The SMILES string of the molecule is CC1CCCN(c2nc(NN)ncc2Br)CC1. The van der Waals surface area contributed by atoms with E-state index in [-0.39, 0.29) is 0 Å². The van der Waals surface area contributed by atoms with E-state index in [0.29, 0.717) is 5.95 Å². The largest absolute Gasteiger partial charge is 0.356 e. The van der Waals surface area contributed by atoms with Gasteiger partial charge in [-0.25, -0.2) is 10.8 Å². The summed E-state index contributed by atoms with van der Waals surface area (Å²) >= 11 is 3.50. The topological polar surface area (TPSA) is 67.1 Å². The third-order valence-corrected chi connectivity index (χ3v) is 3.73. The Bertz CT molecular complexity index is 384. The fourth-order valence-corrected chi connectivity index (χ4v) is 2.57. The second-order valence-corrected chi connectivity index (χ2v) is 5.39. The predicted octanol–water partition coefficient (Wildman–Crippen LogP) is 2.15. The van der Waals surface area contributed by atoms with Crippen LogP contribution in [0.25, 0.3) is 0 Å². The summed E-state index contributed by atoms with van der Waals surface area (Å²) in [4.78, 5) is 10.8. The van der Waals surface area contributed by atoms with E-state index in [1.165, 1.54) is 19.3 Å². The van der Waals surface area contributed by atoms with Crippen LogP contribution in [-0.2, 0) is 0 Å². The number of hydrogen-bond donors (Lipinski definition) is 2. The average Bonchev–Trinajstić information content (AvgIpc) is 2.55. The molecule has 1 aliphatic heterocycles. The van der Waals surface area contributed by atoms with E-state index in [0.717, 1.165) is 29.3 Å². The minimum Gasteiger partial charge on any atom is -0.356 e. The number of hydrazine groups is 1. The molecule has 1 aromatic heterocycles. The molecule has 5 nitrogen and oxygen atoms in total. The van der Waals surface area contributed by atoms with Crippen LogP contribution in [0, 0.1) is 5.92 Å². The zero-order valence-corrected chi connectivity index (χ0v) is 11.6. The lowest BCUT2D eigenvalue weighted by Gasteiger charge is -2.22. The third-order valence-electron chi connectivity index (χ3n) is 3.17. The van der Waals surface area contributed by atoms with Gasteiger partial charge in [0.2, 0.25) is 5.95 Å². The number of hydrogen-bond acceptors (Lipinski definition) is 5. The quantitative estimate of drug-likeness (QED) is 0.647. The Morgan fingerprint density at radius 3 is 3.06 bits per heavy atom. The zero-order valence-electron chi connectivity index (χ0n) is 9.99. The molecule has 94 valence electrons. The summed E-state index contributed by atoms with van der Waals surface area (Å²) in [5.41, 5.74) is 2.49. The summed E-state index contributed by atoms with van der Waals surface area (Å²) in [7, 11) is 0. The highest BCUT2D eigenvalue weighted by Crippen LogP contribution is 2.27. The number of anilines is 2. The summed E-state index contributed by atoms with van der Waals surface area (Å²) in [5.74, 6) is 7.53. The van der Waals surface area contributed by atoms with Crippen molar-refractivity contribution < 1.29 is 0 Å². The van der Waals surface area contributed by atoms with E-state index >= 15 is 0 Å². The maximum atomic E-state index is 5.34.